The molecule has 1 aromatic carbocycles. The Bertz CT molecular complexity index is 660. The summed E-state index contributed by atoms with van der Waals surface area (Å²) in [6, 6.07) is 6.10. The third-order valence-electron chi connectivity index (χ3n) is 3.73. The molecule has 2 heterocycles. The van der Waals surface area contributed by atoms with E-state index in [0.717, 1.165) is 31.3 Å². The van der Waals surface area contributed by atoms with E-state index in [1.807, 2.05) is 0 Å². The summed E-state index contributed by atoms with van der Waals surface area (Å²) < 4.78 is 32.4. The number of hydrogen-bond donors (Lipinski definition) is 2. The molecule has 5 nitrogen and oxygen atoms in total. The van der Waals surface area contributed by atoms with Crippen LogP contribution < -0.4 is 15.4 Å². The second kappa shape index (κ2) is 6.87. The Kier molecular flexibility index (Phi) is 4.66. The van der Waals surface area contributed by atoms with Crippen molar-refractivity contribution in [2.24, 2.45) is 0 Å². The Balaban J connectivity index is 1.71. The number of rotatable bonds is 5. The largest absolute Gasteiger partial charge is 0.468 e. The lowest BCUT2D eigenvalue weighted by Gasteiger charge is -2.16. The van der Waals surface area contributed by atoms with Gasteiger partial charge in [-0.05, 0) is 37.6 Å². The lowest BCUT2D eigenvalue weighted by Crippen LogP contribution is -2.23. The van der Waals surface area contributed by atoms with Gasteiger partial charge in [-0.1, -0.05) is 12.1 Å². The molecule has 7 heteroatoms. The van der Waals surface area contributed by atoms with Gasteiger partial charge in [-0.2, -0.15) is 9.37 Å². The van der Waals surface area contributed by atoms with Crippen molar-refractivity contribution < 1.29 is 13.5 Å². The standard InChI is InChI=1S/C16H18F2N4O/c1-10(11-2-4-12(17)5-3-11)23-15-14(18)9-20-16(22-15)21-13-6-7-19-8-13/h2-5,9-10,13,19H,6-8H2,1H3,(H,20,21,22)/t10-,13+/m1/s1. The number of benzene rings is 1. The summed E-state index contributed by atoms with van der Waals surface area (Å²) in [4.78, 5) is 8.04. The Labute approximate surface area is 133 Å². The van der Waals surface area contributed by atoms with Crippen molar-refractivity contribution in [2.75, 3.05) is 18.4 Å². The van der Waals surface area contributed by atoms with Crippen LogP contribution in [0, 0.1) is 11.6 Å². The Morgan fingerprint density at radius 1 is 1.30 bits per heavy atom. The van der Waals surface area contributed by atoms with E-state index in [0.29, 0.717) is 5.95 Å². The van der Waals surface area contributed by atoms with Crippen LogP contribution >= 0.6 is 0 Å². The number of halogens is 2. The molecule has 0 radical (unpaired) electrons. The zero-order valence-corrected chi connectivity index (χ0v) is 12.7. The topological polar surface area (TPSA) is 59.1 Å². The van der Waals surface area contributed by atoms with Crippen LogP contribution in [0.3, 0.4) is 0 Å². The summed E-state index contributed by atoms with van der Waals surface area (Å²) >= 11 is 0. The van der Waals surface area contributed by atoms with E-state index in [9.17, 15) is 8.78 Å². The number of nitrogens with zero attached hydrogens (tertiary/aromatic N) is 2. The summed E-state index contributed by atoms with van der Waals surface area (Å²) in [6.07, 6.45) is 1.59. The van der Waals surface area contributed by atoms with Gasteiger partial charge in [0.15, 0.2) is 0 Å². The maximum absolute atomic E-state index is 13.9. The monoisotopic (exact) mass is 320 g/mol. The van der Waals surface area contributed by atoms with Crippen LogP contribution in [0.5, 0.6) is 5.88 Å². The van der Waals surface area contributed by atoms with Crippen LogP contribution in [0.25, 0.3) is 0 Å². The van der Waals surface area contributed by atoms with Crippen LogP contribution in [0.2, 0.25) is 0 Å². The zero-order valence-electron chi connectivity index (χ0n) is 12.7. The second-order valence-electron chi connectivity index (χ2n) is 5.49. The molecular formula is C16H18F2N4O. The molecule has 0 amide bonds. The minimum atomic E-state index is -0.631. The van der Waals surface area contributed by atoms with Gasteiger partial charge in [-0.15, -0.1) is 0 Å². The molecule has 1 aliphatic heterocycles. The van der Waals surface area contributed by atoms with Crippen molar-refractivity contribution >= 4 is 5.95 Å². The normalized spacial score (nSPS) is 18.7. The van der Waals surface area contributed by atoms with Gasteiger partial charge in [0.25, 0.3) is 5.88 Å². The highest BCUT2D eigenvalue weighted by atomic mass is 19.1. The summed E-state index contributed by atoms with van der Waals surface area (Å²) in [5.41, 5.74) is 0.735. The van der Waals surface area contributed by atoms with Crippen LogP contribution in [-0.2, 0) is 0 Å². The molecule has 1 aliphatic rings. The lowest BCUT2D eigenvalue weighted by atomic mass is 10.1. The fourth-order valence-corrected chi connectivity index (χ4v) is 2.43. The highest BCUT2D eigenvalue weighted by Crippen LogP contribution is 2.23. The Morgan fingerprint density at radius 3 is 2.78 bits per heavy atom. The molecule has 0 saturated carbocycles. The fourth-order valence-electron chi connectivity index (χ4n) is 2.43. The van der Waals surface area contributed by atoms with E-state index in [4.69, 9.17) is 4.74 Å². The number of anilines is 1. The molecule has 122 valence electrons. The first-order chi connectivity index (χ1) is 11.1. The van der Waals surface area contributed by atoms with Gasteiger partial charge in [-0.3, -0.25) is 0 Å². The number of nitrogens with one attached hydrogen (secondary N) is 2. The van der Waals surface area contributed by atoms with Crippen LogP contribution in [0.15, 0.2) is 30.5 Å². The predicted molar refractivity (Wildman–Crippen MR) is 82.3 cm³/mol. The SMILES string of the molecule is C[C@@H](Oc1nc(N[C@H]2CCNC2)ncc1F)c1ccc(F)cc1. The van der Waals surface area contributed by atoms with Gasteiger partial charge in [0.2, 0.25) is 11.8 Å². The predicted octanol–water partition coefficient (Wildman–Crippen LogP) is 2.67. The minimum Gasteiger partial charge on any atom is -0.468 e. The molecule has 0 aliphatic carbocycles. The molecule has 2 N–H and O–H groups in total. The molecular weight excluding hydrogens is 302 g/mol. The zero-order chi connectivity index (χ0) is 16.2. The Hall–Kier alpha value is -2.28. The van der Waals surface area contributed by atoms with Crippen LogP contribution in [0.4, 0.5) is 14.7 Å². The van der Waals surface area contributed by atoms with Gasteiger partial charge in [0.1, 0.15) is 11.9 Å². The number of aromatic nitrogens is 2. The maximum atomic E-state index is 13.9. The molecule has 2 atom stereocenters. The average Bonchev–Trinajstić information content (AvgIpc) is 3.04. The summed E-state index contributed by atoms with van der Waals surface area (Å²) in [5, 5.41) is 6.37. The summed E-state index contributed by atoms with van der Waals surface area (Å²) in [5.74, 6) is -0.744. The molecule has 0 spiro atoms. The van der Waals surface area contributed by atoms with Crippen molar-refractivity contribution in [1.82, 2.24) is 15.3 Å². The van der Waals surface area contributed by atoms with E-state index in [2.05, 4.69) is 20.6 Å². The van der Waals surface area contributed by atoms with Gasteiger partial charge in [0, 0.05) is 12.6 Å². The molecule has 1 aromatic heterocycles. The molecule has 23 heavy (non-hydrogen) atoms. The average molecular weight is 320 g/mol. The second-order valence-corrected chi connectivity index (χ2v) is 5.49. The summed E-state index contributed by atoms with van der Waals surface area (Å²) in [6.45, 7) is 3.51. The van der Waals surface area contributed by atoms with Crippen molar-refractivity contribution in [1.29, 1.82) is 0 Å². The van der Waals surface area contributed by atoms with E-state index in [1.165, 1.54) is 12.1 Å². The third kappa shape index (κ3) is 3.92. The number of hydrogen-bond acceptors (Lipinski definition) is 5. The lowest BCUT2D eigenvalue weighted by molar-refractivity contribution is 0.206. The van der Waals surface area contributed by atoms with Gasteiger partial charge in [0.05, 0.1) is 6.20 Å². The highest BCUT2D eigenvalue weighted by Gasteiger charge is 2.18. The summed E-state index contributed by atoms with van der Waals surface area (Å²) in [7, 11) is 0. The molecule has 0 bridgehead atoms. The maximum Gasteiger partial charge on any atom is 0.255 e. The van der Waals surface area contributed by atoms with Gasteiger partial charge < -0.3 is 15.4 Å². The first kappa shape index (κ1) is 15.6. The van der Waals surface area contributed by atoms with Crippen molar-refractivity contribution in [3.05, 3.63) is 47.7 Å². The van der Waals surface area contributed by atoms with Crippen molar-refractivity contribution in [2.45, 2.75) is 25.5 Å². The van der Waals surface area contributed by atoms with E-state index < -0.39 is 11.9 Å². The smallest absolute Gasteiger partial charge is 0.255 e. The van der Waals surface area contributed by atoms with Gasteiger partial charge in [-0.25, -0.2) is 9.37 Å². The highest BCUT2D eigenvalue weighted by molar-refractivity contribution is 5.31. The first-order valence-corrected chi connectivity index (χ1v) is 7.54. The molecule has 0 unspecified atom stereocenters. The first-order valence-electron chi connectivity index (χ1n) is 7.54. The molecule has 2 aromatic rings. The fraction of sp³-hybridized carbons (Fsp3) is 0.375. The van der Waals surface area contributed by atoms with Crippen LogP contribution in [0.1, 0.15) is 25.0 Å². The van der Waals surface area contributed by atoms with Crippen LogP contribution in [-0.4, -0.2) is 29.1 Å². The van der Waals surface area contributed by atoms with Crippen molar-refractivity contribution in [3.63, 3.8) is 0 Å². The number of ether oxygens (including phenoxy) is 1. The molecule has 1 fully saturated rings. The molecule has 3 rings (SSSR count). The molecule has 1 saturated heterocycles. The van der Waals surface area contributed by atoms with Crippen molar-refractivity contribution in [3.8, 4) is 5.88 Å². The third-order valence-corrected chi connectivity index (χ3v) is 3.73. The Morgan fingerprint density at radius 2 is 2.09 bits per heavy atom. The van der Waals surface area contributed by atoms with E-state index in [1.54, 1.807) is 19.1 Å². The quantitative estimate of drug-likeness (QED) is 0.887. The van der Waals surface area contributed by atoms with E-state index >= 15 is 0 Å². The van der Waals surface area contributed by atoms with Gasteiger partial charge >= 0.3 is 0 Å². The minimum absolute atomic E-state index is 0.120. The van der Waals surface area contributed by atoms with E-state index in [-0.39, 0.29) is 17.7 Å².